The van der Waals surface area contributed by atoms with Gasteiger partial charge in [-0.2, -0.15) is 0 Å². The van der Waals surface area contributed by atoms with Gasteiger partial charge in [0, 0.05) is 29.1 Å². The van der Waals surface area contributed by atoms with Crippen molar-refractivity contribution in [2.24, 2.45) is 0 Å². The first-order valence-corrected chi connectivity index (χ1v) is 8.60. The Morgan fingerprint density at radius 1 is 0.870 bits per heavy atom. The molecule has 3 aromatic rings. The first-order valence-electron chi connectivity index (χ1n) is 8.22. The van der Waals surface area contributed by atoms with Crippen LogP contribution in [0.5, 0.6) is 0 Å². The van der Waals surface area contributed by atoms with Gasteiger partial charge in [0.15, 0.2) is 0 Å². The Labute approximate surface area is 141 Å². The number of hydrogen-bond donors (Lipinski definition) is 0. The van der Waals surface area contributed by atoms with Crippen LogP contribution in [0.2, 0.25) is 5.02 Å². The number of benzene rings is 2. The normalized spacial score (nSPS) is 15.1. The van der Waals surface area contributed by atoms with Gasteiger partial charge in [0.05, 0.1) is 16.9 Å². The number of halogens is 1. The van der Waals surface area contributed by atoms with Gasteiger partial charge < -0.3 is 4.90 Å². The molecule has 1 fully saturated rings. The molecule has 1 aromatic heterocycles. The van der Waals surface area contributed by atoms with E-state index in [1.807, 2.05) is 18.2 Å². The molecule has 0 radical (unpaired) electrons. The number of para-hydroxylation sites is 1. The van der Waals surface area contributed by atoms with Gasteiger partial charge in [-0.15, -0.1) is 0 Å². The number of nitrogens with zero attached hydrogens (tertiary/aromatic N) is 2. The zero-order chi connectivity index (χ0) is 15.6. The third-order valence-electron chi connectivity index (χ3n) is 4.52. The molecule has 0 amide bonds. The van der Waals surface area contributed by atoms with Gasteiger partial charge in [0.25, 0.3) is 0 Å². The van der Waals surface area contributed by atoms with Crippen molar-refractivity contribution in [3.05, 3.63) is 59.6 Å². The molecule has 1 saturated heterocycles. The van der Waals surface area contributed by atoms with E-state index in [4.69, 9.17) is 16.6 Å². The molecule has 2 heterocycles. The molecule has 0 unspecified atom stereocenters. The van der Waals surface area contributed by atoms with Gasteiger partial charge >= 0.3 is 0 Å². The summed E-state index contributed by atoms with van der Waals surface area (Å²) in [5, 5.41) is 1.96. The van der Waals surface area contributed by atoms with Gasteiger partial charge in [-0.05, 0) is 43.5 Å². The van der Waals surface area contributed by atoms with Gasteiger partial charge in [-0.1, -0.05) is 41.9 Å². The summed E-state index contributed by atoms with van der Waals surface area (Å²) in [5.41, 5.74) is 4.46. The lowest BCUT2D eigenvalue weighted by atomic mass is 10.0. The van der Waals surface area contributed by atoms with E-state index >= 15 is 0 Å². The maximum Gasteiger partial charge on any atom is 0.0943 e. The highest BCUT2D eigenvalue weighted by Gasteiger charge is 2.17. The maximum atomic E-state index is 6.05. The van der Waals surface area contributed by atoms with Crippen molar-refractivity contribution in [2.45, 2.75) is 19.3 Å². The number of fused-ring (bicyclic) bond motifs is 1. The second kappa shape index (κ2) is 6.21. The zero-order valence-electron chi connectivity index (χ0n) is 13.0. The topological polar surface area (TPSA) is 16.1 Å². The minimum Gasteiger partial charge on any atom is -0.370 e. The van der Waals surface area contributed by atoms with Crippen LogP contribution in [0.4, 0.5) is 5.69 Å². The van der Waals surface area contributed by atoms with E-state index in [-0.39, 0.29) is 0 Å². The first-order chi connectivity index (χ1) is 11.3. The highest BCUT2D eigenvalue weighted by Crippen LogP contribution is 2.34. The van der Waals surface area contributed by atoms with E-state index in [2.05, 4.69) is 41.3 Å². The molecule has 23 heavy (non-hydrogen) atoms. The van der Waals surface area contributed by atoms with Gasteiger partial charge in [0.1, 0.15) is 0 Å². The Balaban J connectivity index is 1.89. The highest BCUT2D eigenvalue weighted by molar-refractivity contribution is 6.30. The first kappa shape index (κ1) is 14.5. The number of aromatic nitrogens is 1. The summed E-state index contributed by atoms with van der Waals surface area (Å²) < 4.78 is 0. The van der Waals surface area contributed by atoms with Crippen LogP contribution in [-0.4, -0.2) is 18.1 Å². The summed E-state index contributed by atoms with van der Waals surface area (Å²) in [4.78, 5) is 7.44. The monoisotopic (exact) mass is 322 g/mol. The summed E-state index contributed by atoms with van der Waals surface area (Å²) in [7, 11) is 0. The Morgan fingerprint density at radius 2 is 1.61 bits per heavy atom. The largest absolute Gasteiger partial charge is 0.370 e. The molecule has 0 saturated carbocycles. The smallest absolute Gasteiger partial charge is 0.0943 e. The van der Waals surface area contributed by atoms with E-state index in [1.54, 1.807) is 0 Å². The SMILES string of the molecule is Clc1ccc(-c2nc3ccccc3cc2N2CCCCC2)cc1. The Morgan fingerprint density at radius 3 is 2.39 bits per heavy atom. The van der Waals surface area contributed by atoms with Crippen molar-refractivity contribution in [3.8, 4) is 11.3 Å². The minimum absolute atomic E-state index is 0.758. The lowest BCUT2D eigenvalue weighted by molar-refractivity contribution is 0.578. The molecule has 116 valence electrons. The molecule has 1 aliphatic rings. The molecule has 0 bridgehead atoms. The van der Waals surface area contributed by atoms with Crippen molar-refractivity contribution >= 4 is 28.2 Å². The van der Waals surface area contributed by atoms with Crippen LogP contribution in [0.1, 0.15) is 19.3 Å². The van der Waals surface area contributed by atoms with Gasteiger partial charge in [-0.3, -0.25) is 0 Å². The van der Waals surface area contributed by atoms with E-state index in [0.717, 1.165) is 34.9 Å². The van der Waals surface area contributed by atoms with Crippen LogP contribution in [0.3, 0.4) is 0 Å². The van der Waals surface area contributed by atoms with Crippen molar-refractivity contribution in [2.75, 3.05) is 18.0 Å². The van der Waals surface area contributed by atoms with Crippen molar-refractivity contribution in [1.29, 1.82) is 0 Å². The van der Waals surface area contributed by atoms with Crippen LogP contribution >= 0.6 is 11.6 Å². The van der Waals surface area contributed by atoms with Gasteiger partial charge in [-0.25, -0.2) is 4.98 Å². The zero-order valence-corrected chi connectivity index (χ0v) is 13.8. The third-order valence-corrected chi connectivity index (χ3v) is 4.77. The fourth-order valence-electron chi connectivity index (χ4n) is 3.30. The summed E-state index contributed by atoms with van der Waals surface area (Å²) in [6, 6.07) is 18.6. The van der Waals surface area contributed by atoms with Crippen LogP contribution < -0.4 is 4.90 Å². The Hall–Kier alpha value is -2.06. The van der Waals surface area contributed by atoms with E-state index < -0.39 is 0 Å². The Bertz CT molecular complexity index is 821. The lowest BCUT2D eigenvalue weighted by Gasteiger charge is -2.30. The highest BCUT2D eigenvalue weighted by atomic mass is 35.5. The van der Waals surface area contributed by atoms with Gasteiger partial charge in [0.2, 0.25) is 0 Å². The molecule has 0 aliphatic carbocycles. The predicted molar refractivity (Wildman–Crippen MR) is 98.3 cm³/mol. The molecule has 4 rings (SSSR count). The Kier molecular flexibility index (Phi) is 3.92. The number of pyridine rings is 1. The number of hydrogen-bond acceptors (Lipinski definition) is 2. The molecule has 2 aromatic carbocycles. The van der Waals surface area contributed by atoms with Crippen LogP contribution in [-0.2, 0) is 0 Å². The van der Waals surface area contributed by atoms with Crippen molar-refractivity contribution < 1.29 is 0 Å². The summed E-state index contributed by atoms with van der Waals surface area (Å²) in [6.07, 6.45) is 3.84. The van der Waals surface area contributed by atoms with Crippen molar-refractivity contribution in [3.63, 3.8) is 0 Å². The second-order valence-corrected chi connectivity index (χ2v) is 6.54. The molecule has 0 spiro atoms. The fourth-order valence-corrected chi connectivity index (χ4v) is 3.43. The van der Waals surface area contributed by atoms with E-state index in [1.165, 1.54) is 30.3 Å². The minimum atomic E-state index is 0.758. The molecule has 1 aliphatic heterocycles. The standard InChI is InChI=1S/C20H19ClN2/c21-17-10-8-15(9-11-17)20-19(23-12-4-1-5-13-23)14-16-6-2-3-7-18(16)22-20/h2-3,6-11,14H,1,4-5,12-13H2. The average molecular weight is 323 g/mol. The number of piperidine rings is 1. The average Bonchev–Trinajstić information content (AvgIpc) is 2.62. The quantitative estimate of drug-likeness (QED) is 0.615. The fraction of sp³-hybridized carbons (Fsp3) is 0.250. The number of rotatable bonds is 2. The molecule has 3 heteroatoms. The van der Waals surface area contributed by atoms with Crippen LogP contribution in [0, 0.1) is 0 Å². The summed E-state index contributed by atoms with van der Waals surface area (Å²) >= 11 is 6.05. The van der Waals surface area contributed by atoms with E-state index in [9.17, 15) is 0 Å². The number of anilines is 1. The second-order valence-electron chi connectivity index (χ2n) is 6.10. The molecule has 0 atom stereocenters. The molecule has 0 N–H and O–H groups in total. The van der Waals surface area contributed by atoms with Crippen LogP contribution in [0.25, 0.3) is 22.2 Å². The van der Waals surface area contributed by atoms with Crippen LogP contribution in [0.15, 0.2) is 54.6 Å². The summed E-state index contributed by atoms with van der Waals surface area (Å²) in [6.45, 7) is 2.22. The van der Waals surface area contributed by atoms with E-state index in [0.29, 0.717) is 0 Å². The lowest BCUT2D eigenvalue weighted by Crippen LogP contribution is -2.30. The predicted octanol–water partition coefficient (Wildman–Crippen LogP) is 5.55. The maximum absolute atomic E-state index is 6.05. The molecule has 2 nitrogen and oxygen atoms in total. The summed E-state index contributed by atoms with van der Waals surface area (Å²) in [5.74, 6) is 0. The van der Waals surface area contributed by atoms with Crippen molar-refractivity contribution in [1.82, 2.24) is 4.98 Å². The molecular formula is C20H19ClN2. The molecular weight excluding hydrogens is 304 g/mol. The third kappa shape index (κ3) is 2.91.